The van der Waals surface area contributed by atoms with Crippen molar-refractivity contribution in [3.8, 4) is 0 Å². The van der Waals surface area contributed by atoms with E-state index in [-0.39, 0.29) is 11.0 Å². The van der Waals surface area contributed by atoms with Crippen LogP contribution in [-0.2, 0) is 0 Å². The molecule has 0 heterocycles. The monoisotopic (exact) mass is 302 g/mol. The third-order valence-electron chi connectivity index (χ3n) is 2.33. The van der Waals surface area contributed by atoms with Gasteiger partial charge in [0, 0.05) is 15.3 Å². The molecule has 1 N–H and O–H groups in total. The molecule has 0 saturated heterocycles. The number of ketones is 1. The Balaban J connectivity index is 2.57. The lowest BCUT2D eigenvalue weighted by Gasteiger charge is -2.13. The average molecular weight is 303 g/mol. The van der Waals surface area contributed by atoms with Crippen molar-refractivity contribution in [3.63, 3.8) is 0 Å². The Labute approximate surface area is 109 Å². The minimum absolute atomic E-state index is 0.0754. The second kappa shape index (κ2) is 6.42. The molecule has 0 saturated carbocycles. The molecule has 0 aromatic heterocycles. The highest BCUT2D eigenvalue weighted by Crippen LogP contribution is 2.20. The molecule has 1 aromatic carbocycles. The summed E-state index contributed by atoms with van der Waals surface area (Å²) in [5.41, 5.74) is 0.702. The summed E-state index contributed by atoms with van der Waals surface area (Å²) in [6.07, 6.45) is -0.392. The highest BCUT2D eigenvalue weighted by atomic mass is 79.9. The van der Waals surface area contributed by atoms with Crippen molar-refractivity contribution in [2.24, 2.45) is 0 Å². The Bertz CT molecular complexity index is 366. The molecule has 0 spiro atoms. The number of aliphatic hydroxyl groups is 1. The SMILES string of the molecule is CC(O)C(C)SCC(=O)c1ccccc1Br. The molecule has 4 heteroatoms. The fourth-order valence-electron chi connectivity index (χ4n) is 1.11. The van der Waals surface area contributed by atoms with E-state index in [1.54, 1.807) is 13.0 Å². The van der Waals surface area contributed by atoms with Crippen LogP contribution in [0.2, 0.25) is 0 Å². The lowest BCUT2D eigenvalue weighted by molar-refractivity contribution is 0.102. The van der Waals surface area contributed by atoms with Gasteiger partial charge < -0.3 is 5.11 Å². The molecule has 0 bridgehead atoms. The van der Waals surface area contributed by atoms with Crippen molar-refractivity contribution >= 4 is 33.5 Å². The maximum Gasteiger partial charge on any atom is 0.173 e. The number of carbonyl (C=O) groups excluding carboxylic acids is 1. The first-order valence-corrected chi connectivity index (χ1v) is 6.94. The number of carbonyl (C=O) groups is 1. The summed E-state index contributed by atoms with van der Waals surface area (Å²) in [5.74, 6) is 0.485. The van der Waals surface area contributed by atoms with E-state index < -0.39 is 6.10 Å². The van der Waals surface area contributed by atoms with E-state index >= 15 is 0 Å². The first-order chi connectivity index (χ1) is 7.52. The quantitative estimate of drug-likeness (QED) is 0.849. The van der Waals surface area contributed by atoms with Crippen molar-refractivity contribution in [1.29, 1.82) is 0 Å². The average Bonchev–Trinajstić information content (AvgIpc) is 2.25. The Morgan fingerprint density at radius 1 is 1.44 bits per heavy atom. The number of thioether (sulfide) groups is 1. The zero-order valence-corrected chi connectivity index (χ0v) is 11.7. The molecule has 0 aliphatic heterocycles. The summed E-state index contributed by atoms with van der Waals surface area (Å²) < 4.78 is 0.824. The maximum atomic E-state index is 11.9. The van der Waals surface area contributed by atoms with Gasteiger partial charge in [0.25, 0.3) is 0 Å². The third kappa shape index (κ3) is 3.92. The summed E-state index contributed by atoms with van der Waals surface area (Å²) in [4.78, 5) is 11.9. The number of benzene rings is 1. The Hall–Kier alpha value is -0.320. The zero-order chi connectivity index (χ0) is 12.1. The highest BCUT2D eigenvalue weighted by molar-refractivity contribution is 9.10. The van der Waals surface area contributed by atoms with Crippen molar-refractivity contribution in [3.05, 3.63) is 34.3 Å². The summed E-state index contributed by atoms with van der Waals surface area (Å²) in [6, 6.07) is 7.39. The van der Waals surface area contributed by atoms with Crippen LogP contribution < -0.4 is 0 Å². The van der Waals surface area contributed by atoms with Gasteiger partial charge in [0.05, 0.1) is 11.9 Å². The Morgan fingerprint density at radius 3 is 2.62 bits per heavy atom. The number of hydrogen-bond donors (Lipinski definition) is 1. The van der Waals surface area contributed by atoms with Crippen LogP contribution in [0.3, 0.4) is 0 Å². The van der Waals surface area contributed by atoms with Gasteiger partial charge in [-0.05, 0) is 13.0 Å². The van der Waals surface area contributed by atoms with Gasteiger partial charge in [-0.3, -0.25) is 4.79 Å². The van der Waals surface area contributed by atoms with E-state index in [9.17, 15) is 9.90 Å². The smallest absolute Gasteiger partial charge is 0.173 e. The topological polar surface area (TPSA) is 37.3 Å². The first-order valence-electron chi connectivity index (χ1n) is 5.09. The highest BCUT2D eigenvalue weighted by Gasteiger charge is 2.14. The molecule has 0 fully saturated rings. The fraction of sp³-hybridized carbons (Fsp3) is 0.417. The predicted octanol–water partition coefficient (Wildman–Crippen LogP) is 3.13. The predicted molar refractivity (Wildman–Crippen MR) is 72.1 cm³/mol. The molecule has 1 aromatic rings. The van der Waals surface area contributed by atoms with Gasteiger partial charge in [-0.2, -0.15) is 0 Å². The molecular weight excluding hydrogens is 288 g/mol. The minimum atomic E-state index is -0.392. The van der Waals surface area contributed by atoms with Gasteiger partial charge in [0.15, 0.2) is 5.78 Å². The molecular formula is C12H15BrO2S. The van der Waals surface area contributed by atoms with Crippen LogP contribution in [0.5, 0.6) is 0 Å². The summed E-state index contributed by atoms with van der Waals surface area (Å²) >= 11 is 4.83. The third-order valence-corrected chi connectivity index (χ3v) is 4.37. The molecule has 0 radical (unpaired) electrons. The van der Waals surface area contributed by atoms with Crippen LogP contribution in [0, 0.1) is 0 Å². The molecule has 2 nitrogen and oxygen atoms in total. The van der Waals surface area contributed by atoms with Crippen LogP contribution in [0.15, 0.2) is 28.7 Å². The lowest BCUT2D eigenvalue weighted by atomic mass is 10.1. The van der Waals surface area contributed by atoms with Gasteiger partial charge >= 0.3 is 0 Å². The van der Waals surface area contributed by atoms with Gasteiger partial charge in [-0.1, -0.05) is 41.1 Å². The zero-order valence-electron chi connectivity index (χ0n) is 9.31. The summed E-state index contributed by atoms with van der Waals surface area (Å²) in [5, 5.41) is 9.39. The largest absolute Gasteiger partial charge is 0.392 e. The van der Waals surface area contributed by atoms with Gasteiger partial charge in [-0.15, -0.1) is 11.8 Å². The van der Waals surface area contributed by atoms with E-state index in [0.29, 0.717) is 11.3 Å². The van der Waals surface area contributed by atoms with Crippen molar-refractivity contribution in [2.45, 2.75) is 25.2 Å². The van der Waals surface area contributed by atoms with E-state index in [0.717, 1.165) is 4.47 Å². The fourth-order valence-corrected chi connectivity index (χ4v) is 2.47. The molecule has 0 amide bonds. The van der Waals surface area contributed by atoms with Crippen molar-refractivity contribution in [1.82, 2.24) is 0 Å². The van der Waals surface area contributed by atoms with E-state index in [2.05, 4.69) is 15.9 Å². The number of halogens is 1. The number of rotatable bonds is 5. The van der Waals surface area contributed by atoms with Crippen LogP contribution in [-0.4, -0.2) is 28.0 Å². The first kappa shape index (κ1) is 13.7. The molecule has 88 valence electrons. The molecule has 0 aliphatic carbocycles. The Kier molecular flexibility index (Phi) is 5.52. The Morgan fingerprint density at radius 2 is 2.06 bits per heavy atom. The van der Waals surface area contributed by atoms with E-state index in [1.165, 1.54) is 11.8 Å². The number of hydrogen-bond acceptors (Lipinski definition) is 3. The molecule has 1 rings (SSSR count). The second-order valence-electron chi connectivity index (χ2n) is 3.66. The minimum Gasteiger partial charge on any atom is -0.392 e. The van der Waals surface area contributed by atoms with E-state index in [4.69, 9.17) is 0 Å². The second-order valence-corrected chi connectivity index (χ2v) is 5.88. The summed E-state index contributed by atoms with van der Waals surface area (Å²) in [6.45, 7) is 3.66. The van der Waals surface area contributed by atoms with Gasteiger partial charge in [0.1, 0.15) is 0 Å². The van der Waals surface area contributed by atoms with Gasteiger partial charge in [0.2, 0.25) is 0 Å². The van der Waals surface area contributed by atoms with Crippen LogP contribution >= 0.6 is 27.7 Å². The molecule has 2 atom stereocenters. The summed E-state index contributed by atoms with van der Waals surface area (Å²) in [7, 11) is 0. The van der Waals surface area contributed by atoms with Gasteiger partial charge in [-0.25, -0.2) is 0 Å². The van der Waals surface area contributed by atoms with Crippen LogP contribution in [0.4, 0.5) is 0 Å². The lowest BCUT2D eigenvalue weighted by Crippen LogP contribution is -2.17. The molecule has 2 unspecified atom stereocenters. The number of Topliss-reactive ketones (excluding diaryl/α,β-unsaturated/α-hetero) is 1. The van der Waals surface area contributed by atoms with Crippen LogP contribution in [0.25, 0.3) is 0 Å². The molecule has 0 aliphatic rings. The number of aliphatic hydroxyl groups excluding tert-OH is 1. The van der Waals surface area contributed by atoms with Crippen molar-refractivity contribution < 1.29 is 9.90 Å². The van der Waals surface area contributed by atoms with Crippen molar-refractivity contribution in [2.75, 3.05) is 5.75 Å². The normalized spacial score (nSPS) is 14.5. The maximum absolute atomic E-state index is 11.9. The molecule has 16 heavy (non-hydrogen) atoms. The van der Waals surface area contributed by atoms with E-state index in [1.807, 2.05) is 25.1 Å². The standard InChI is InChI=1S/C12H15BrO2S/c1-8(14)9(2)16-7-12(15)10-5-3-4-6-11(10)13/h3-6,8-9,14H,7H2,1-2H3. The van der Waals surface area contributed by atoms with Crippen LogP contribution in [0.1, 0.15) is 24.2 Å².